The van der Waals surface area contributed by atoms with E-state index in [1.807, 2.05) is 54.7 Å². The Labute approximate surface area is 174 Å². The first-order valence-electron chi connectivity index (χ1n) is 9.76. The molecule has 0 fully saturated rings. The summed E-state index contributed by atoms with van der Waals surface area (Å²) in [5.74, 6) is 2.06. The van der Waals surface area contributed by atoms with Crippen LogP contribution in [-0.2, 0) is 11.3 Å². The molecular weight excluding hydrogens is 380 g/mol. The highest BCUT2D eigenvalue weighted by atomic mass is 16.5. The molecule has 0 bridgehead atoms. The van der Waals surface area contributed by atoms with Crippen LogP contribution >= 0.6 is 0 Å². The number of fused-ring (bicyclic) bond motifs is 1. The van der Waals surface area contributed by atoms with Crippen molar-refractivity contribution in [2.24, 2.45) is 0 Å². The van der Waals surface area contributed by atoms with Gasteiger partial charge >= 0.3 is 0 Å². The van der Waals surface area contributed by atoms with Gasteiger partial charge < -0.3 is 24.2 Å². The fourth-order valence-corrected chi connectivity index (χ4v) is 3.72. The number of amides is 1. The molecule has 0 saturated carbocycles. The van der Waals surface area contributed by atoms with Crippen molar-refractivity contribution in [2.45, 2.75) is 18.9 Å². The average Bonchev–Trinajstić information content (AvgIpc) is 3.46. The molecule has 1 amide bonds. The van der Waals surface area contributed by atoms with Crippen LogP contribution in [0.2, 0.25) is 0 Å². The summed E-state index contributed by atoms with van der Waals surface area (Å²) in [7, 11) is 3.29. The maximum atomic E-state index is 12.8. The van der Waals surface area contributed by atoms with Crippen LogP contribution in [0.25, 0.3) is 10.9 Å². The molecule has 0 saturated heterocycles. The van der Waals surface area contributed by atoms with E-state index in [0.29, 0.717) is 6.54 Å². The summed E-state index contributed by atoms with van der Waals surface area (Å²) >= 11 is 0. The Kier molecular flexibility index (Phi) is 5.75. The molecule has 4 aromatic rings. The van der Waals surface area contributed by atoms with Gasteiger partial charge in [-0.1, -0.05) is 18.2 Å². The van der Waals surface area contributed by atoms with E-state index in [1.165, 1.54) is 0 Å². The SMILES string of the molecule is COc1ccc([C@@H](CC(=O)NCc2ccco2)c2c[nH]c3cccc(OC)c23)cc1. The van der Waals surface area contributed by atoms with Gasteiger partial charge in [0.1, 0.15) is 17.3 Å². The van der Waals surface area contributed by atoms with Gasteiger partial charge in [0.25, 0.3) is 0 Å². The zero-order chi connectivity index (χ0) is 20.9. The van der Waals surface area contributed by atoms with E-state index in [9.17, 15) is 4.79 Å². The van der Waals surface area contributed by atoms with Crippen molar-refractivity contribution in [1.82, 2.24) is 10.3 Å². The van der Waals surface area contributed by atoms with Crippen LogP contribution in [-0.4, -0.2) is 25.1 Å². The first-order valence-corrected chi connectivity index (χ1v) is 9.76. The van der Waals surface area contributed by atoms with Crippen molar-refractivity contribution in [3.63, 3.8) is 0 Å². The molecule has 0 unspecified atom stereocenters. The van der Waals surface area contributed by atoms with Gasteiger partial charge in [-0.05, 0) is 47.5 Å². The molecular formula is C24H24N2O4. The molecule has 154 valence electrons. The third-order valence-electron chi connectivity index (χ3n) is 5.24. The summed E-state index contributed by atoms with van der Waals surface area (Å²) in [6.07, 6.45) is 3.85. The van der Waals surface area contributed by atoms with E-state index in [1.54, 1.807) is 26.5 Å². The lowest BCUT2D eigenvalue weighted by atomic mass is 9.87. The molecule has 1 atom stereocenters. The molecule has 0 radical (unpaired) electrons. The van der Waals surface area contributed by atoms with Crippen LogP contribution in [0.15, 0.2) is 71.5 Å². The predicted octanol–water partition coefficient (Wildman–Crippen LogP) is 4.62. The number of H-pyrrole nitrogens is 1. The largest absolute Gasteiger partial charge is 0.497 e. The number of aromatic amines is 1. The number of carbonyl (C=O) groups excluding carboxylic acids is 1. The number of aromatic nitrogens is 1. The molecule has 0 spiro atoms. The summed E-state index contributed by atoms with van der Waals surface area (Å²) < 4.78 is 16.2. The lowest BCUT2D eigenvalue weighted by Gasteiger charge is -2.18. The van der Waals surface area contributed by atoms with Crippen molar-refractivity contribution in [3.8, 4) is 11.5 Å². The molecule has 0 aliphatic carbocycles. The average molecular weight is 404 g/mol. The van der Waals surface area contributed by atoms with Crippen LogP contribution in [0, 0.1) is 0 Å². The second-order valence-electron chi connectivity index (χ2n) is 7.01. The Morgan fingerprint density at radius 3 is 2.60 bits per heavy atom. The Balaban J connectivity index is 1.67. The number of nitrogens with one attached hydrogen (secondary N) is 2. The fourth-order valence-electron chi connectivity index (χ4n) is 3.72. The number of rotatable bonds is 8. The first kappa shape index (κ1) is 19.6. The van der Waals surface area contributed by atoms with Gasteiger partial charge in [0.15, 0.2) is 0 Å². The maximum absolute atomic E-state index is 12.8. The molecule has 6 nitrogen and oxygen atoms in total. The highest BCUT2D eigenvalue weighted by molar-refractivity contribution is 5.91. The predicted molar refractivity (Wildman–Crippen MR) is 115 cm³/mol. The maximum Gasteiger partial charge on any atom is 0.221 e. The number of furan rings is 1. The van der Waals surface area contributed by atoms with Gasteiger partial charge in [-0.3, -0.25) is 4.79 Å². The lowest BCUT2D eigenvalue weighted by Crippen LogP contribution is -2.24. The summed E-state index contributed by atoms with van der Waals surface area (Å²) in [6, 6.07) is 17.3. The Bertz CT molecular complexity index is 1110. The molecule has 0 aliphatic rings. The number of carbonyl (C=O) groups is 1. The minimum absolute atomic E-state index is 0.0588. The molecule has 2 aromatic heterocycles. The fraction of sp³-hybridized carbons (Fsp3) is 0.208. The Morgan fingerprint density at radius 1 is 1.07 bits per heavy atom. The second kappa shape index (κ2) is 8.78. The molecule has 2 heterocycles. The van der Waals surface area contributed by atoms with Crippen LogP contribution in [0.5, 0.6) is 11.5 Å². The minimum Gasteiger partial charge on any atom is -0.497 e. The van der Waals surface area contributed by atoms with E-state index in [4.69, 9.17) is 13.9 Å². The van der Waals surface area contributed by atoms with Crippen LogP contribution in [0.3, 0.4) is 0 Å². The van der Waals surface area contributed by atoms with Crippen molar-refractivity contribution in [2.75, 3.05) is 14.2 Å². The Hall–Kier alpha value is -3.67. The van der Waals surface area contributed by atoms with E-state index in [0.717, 1.165) is 39.3 Å². The molecule has 6 heteroatoms. The summed E-state index contributed by atoms with van der Waals surface area (Å²) in [4.78, 5) is 16.1. The quantitative estimate of drug-likeness (QED) is 0.449. The number of methoxy groups -OCH3 is 2. The zero-order valence-corrected chi connectivity index (χ0v) is 17.0. The Morgan fingerprint density at radius 2 is 1.90 bits per heavy atom. The van der Waals surface area contributed by atoms with Gasteiger partial charge in [-0.2, -0.15) is 0 Å². The van der Waals surface area contributed by atoms with Gasteiger partial charge in [0, 0.05) is 29.4 Å². The number of hydrogen-bond acceptors (Lipinski definition) is 4. The van der Waals surface area contributed by atoms with E-state index in [-0.39, 0.29) is 18.2 Å². The summed E-state index contributed by atoms with van der Waals surface area (Å²) in [6.45, 7) is 0.359. The second-order valence-corrected chi connectivity index (χ2v) is 7.01. The number of ether oxygens (including phenoxy) is 2. The zero-order valence-electron chi connectivity index (χ0n) is 17.0. The molecule has 2 aromatic carbocycles. The van der Waals surface area contributed by atoms with Crippen molar-refractivity contribution in [1.29, 1.82) is 0 Å². The normalized spacial score (nSPS) is 11.9. The third-order valence-corrected chi connectivity index (χ3v) is 5.24. The molecule has 30 heavy (non-hydrogen) atoms. The van der Waals surface area contributed by atoms with Crippen molar-refractivity contribution in [3.05, 3.63) is 83.9 Å². The smallest absolute Gasteiger partial charge is 0.221 e. The highest BCUT2D eigenvalue weighted by Crippen LogP contribution is 2.38. The van der Waals surface area contributed by atoms with E-state index >= 15 is 0 Å². The van der Waals surface area contributed by atoms with Crippen LogP contribution < -0.4 is 14.8 Å². The monoisotopic (exact) mass is 404 g/mol. The van der Waals surface area contributed by atoms with Gasteiger partial charge in [0.2, 0.25) is 5.91 Å². The number of hydrogen-bond donors (Lipinski definition) is 2. The van der Waals surface area contributed by atoms with Crippen LogP contribution in [0.1, 0.15) is 29.2 Å². The van der Waals surface area contributed by atoms with Crippen molar-refractivity contribution < 1.29 is 18.7 Å². The third kappa shape index (κ3) is 4.03. The van der Waals surface area contributed by atoms with E-state index < -0.39 is 0 Å². The standard InChI is InChI=1S/C24H24N2O4/c1-28-17-10-8-16(9-11-17)19(13-23(27)26-14-18-5-4-12-30-18)20-15-25-21-6-3-7-22(29-2)24(20)21/h3-12,15,19,25H,13-14H2,1-2H3,(H,26,27)/t19-/m1/s1. The van der Waals surface area contributed by atoms with Gasteiger partial charge in [-0.25, -0.2) is 0 Å². The van der Waals surface area contributed by atoms with Gasteiger partial charge in [0.05, 0.1) is 27.0 Å². The van der Waals surface area contributed by atoms with Crippen molar-refractivity contribution >= 4 is 16.8 Å². The van der Waals surface area contributed by atoms with E-state index in [2.05, 4.69) is 10.3 Å². The molecule has 0 aliphatic heterocycles. The summed E-state index contributed by atoms with van der Waals surface area (Å²) in [5.41, 5.74) is 3.01. The molecule has 2 N–H and O–H groups in total. The highest BCUT2D eigenvalue weighted by Gasteiger charge is 2.23. The summed E-state index contributed by atoms with van der Waals surface area (Å²) in [5, 5.41) is 3.93. The van der Waals surface area contributed by atoms with Crippen LogP contribution in [0.4, 0.5) is 0 Å². The first-order chi connectivity index (χ1) is 14.7. The van der Waals surface area contributed by atoms with Gasteiger partial charge in [-0.15, -0.1) is 0 Å². The lowest BCUT2D eigenvalue weighted by molar-refractivity contribution is -0.121. The molecule has 4 rings (SSSR count). The number of benzene rings is 2. The minimum atomic E-state index is -0.155. The topological polar surface area (TPSA) is 76.5 Å².